The van der Waals surface area contributed by atoms with Gasteiger partial charge in [0.2, 0.25) is 0 Å². The van der Waals surface area contributed by atoms with Crippen LogP contribution in [0.2, 0.25) is 5.02 Å². The van der Waals surface area contributed by atoms with Gasteiger partial charge in [0.1, 0.15) is 5.82 Å². The molecule has 0 saturated heterocycles. The SMILES string of the molecule is CNCc1nc(N(C)CCC(C)C)ccc1Cl. The summed E-state index contributed by atoms with van der Waals surface area (Å²) in [6.45, 7) is 6.18. The van der Waals surface area contributed by atoms with Gasteiger partial charge < -0.3 is 10.2 Å². The Morgan fingerprint density at radius 3 is 2.71 bits per heavy atom. The molecule has 0 unspecified atom stereocenters. The van der Waals surface area contributed by atoms with Crippen molar-refractivity contribution in [3.8, 4) is 0 Å². The van der Waals surface area contributed by atoms with Gasteiger partial charge in [0.15, 0.2) is 0 Å². The highest BCUT2D eigenvalue weighted by Gasteiger charge is 2.07. The van der Waals surface area contributed by atoms with Gasteiger partial charge in [-0.15, -0.1) is 0 Å². The van der Waals surface area contributed by atoms with E-state index >= 15 is 0 Å². The first-order chi connectivity index (χ1) is 8.04. The van der Waals surface area contributed by atoms with Crippen LogP contribution >= 0.6 is 11.6 Å². The summed E-state index contributed by atoms with van der Waals surface area (Å²) in [4.78, 5) is 6.75. The first-order valence-corrected chi connectivity index (χ1v) is 6.43. The number of pyridine rings is 1. The van der Waals surface area contributed by atoms with Gasteiger partial charge >= 0.3 is 0 Å². The van der Waals surface area contributed by atoms with Gasteiger partial charge in [0, 0.05) is 20.1 Å². The maximum atomic E-state index is 6.09. The maximum absolute atomic E-state index is 6.09. The Labute approximate surface area is 109 Å². The van der Waals surface area contributed by atoms with Crippen molar-refractivity contribution in [3.63, 3.8) is 0 Å². The average molecular weight is 256 g/mol. The summed E-state index contributed by atoms with van der Waals surface area (Å²) in [5.74, 6) is 1.70. The third kappa shape index (κ3) is 4.52. The normalized spacial score (nSPS) is 10.9. The van der Waals surface area contributed by atoms with Crippen LogP contribution in [0.3, 0.4) is 0 Å². The van der Waals surface area contributed by atoms with Crippen molar-refractivity contribution < 1.29 is 0 Å². The van der Waals surface area contributed by atoms with Gasteiger partial charge in [0.25, 0.3) is 0 Å². The van der Waals surface area contributed by atoms with E-state index in [1.807, 2.05) is 19.2 Å². The molecular weight excluding hydrogens is 234 g/mol. The Morgan fingerprint density at radius 1 is 1.41 bits per heavy atom. The zero-order chi connectivity index (χ0) is 12.8. The molecule has 96 valence electrons. The fourth-order valence-corrected chi connectivity index (χ4v) is 1.72. The molecule has 0 aliphatic rings. The molecule has 0 aliphatic carbocycles. The van der Waals surface area contributed by atoms with E-state index in [1.165, 1.54) is 6.42 Å². The molecule has 0 bridgehead atoms. The molecule has 3 nitrogen and oxygen atoms in total. The number of aromatic nitrogens is 1. The number of anilines is 1. The maximum Gasteiger partial charge on any atom is 0.128 e. The van der Waals surface area contributed by atoms with Crippen LogP contribution in [0.1, 0.15) is 26.0 Å². The Morgan fingerprint density at radius 2 is 2.12 bits per heavy atom. The number of nitrogens with one attached hydrogen (secondary N) is 1. The Kier molecular flexibility index (Phi) is 5.72. The summed E-state index contributed by atoms with van der Waals surface area (Å²) in [7, 11) is 3.97. The number of rotatable bonds is 6. The molecule has 0 radical (unpaired) electrons. The van der Waals surface area contributed by atoms with E-state index in [-0.39, 0.29) is 0 Å². The minimum atomic E-state index is 0.699. The van der Waals surface area contributed by atoms with Crippen LogP contribution in [-0.2, 0) is 6.54 Å². The molecule has 0 amide bonds. The fourth-order valence-electron chi connectivity index (χ4n) is 1.54. The molecular formula is C13H22ClN3. The summed E-state index contributed by atoms with van der Waals surface area (Å²) < 4.78 is 0. The van der Waals surface area contributed by atoms with Crippen LogP contribution < -0.4 is 10.2 Å². The van der Waals surface area contributed by atoms with Gasteiger partial charge in [0.05, 0.1) is 10.7 Å². The van der Waals surface area contributed by atoms with Crippen molar-refractivity contribution in [1.82, 2.24) is 10.3 Å². The fraction of sp³-hybridized carbons (Fsp3) is 0.615. The highest BCUT2D eigenvalue weighted by molar-refractivity contribution is 6.31. The van der Waals surface area contributed by atoms with E-state index < -0.39 is 0 Å². The van der Waals surface area contributed by atoms with E-state index in [0.29, 0.717) is 12.5 Å². The second-order valence-electron chi connectivity index (χ2n) is 4.73. The summed E-state index contributed by atoms with van der Waals surface area (Å²) in [6.07, 6.45) is 1.17. The third-order valence-corrected chi connectivity index (χ3v) is 3.03. The zero-order valence-corrected chi connectivity index (χ0v) is 11.9. The molecule has 0 atom stereocenters. The van der Waals surface area contributed by atoms with Crippen molar-refractivity contribution >= 4 is 17.4 Å². The van der Waals surface area contributed by atoms with Crippen molar-refractivity contribution in [1.29, 1.82) is 0 Å². The van der Waals surface area contributed by atoms with Crippen molar-refractivity contribution in [3.05, 3.63) is 22.8 Å². The van der Waals surface area contributed by atoms with Crippen LogP contribution in [0.5, 0.6) is 0 Å². The highest BCUT2D eigenvalue weighted by atomic mass is 35.5. The van der Waals surface area contributed by atoms with Crippen LogP contribution in [-0.4, -0.2) is 25.6 Å². The number of halogens is 1. The molecule has 0 fully saturated rings. The van der Waals surface area contributed by atoms with Crippen molar-refractivity contribution in [2.75, 3.05) is 25.5 Å². The topological polar surface area (TPSA) is 28.2 Å². The molecule has 1 rings (SSSR count). The molecule has 17 heavy (non-hydrogen) atoms. The Bertz CT molecular complexity index is 353. The quantitative estimate of drug-likeness (QED) is 0.847. The molecule has 1 N–H and O–H groups in total. The molecule has 1 aromatic heterocycles. The third-order valence-electron chi connectivity index (χ3n) is 2.68. The predicted octanol–water partition coefficient (Wildman–Crippen LogP) is 2.94. The van der Waals surface area contributed by atoms with E-state index in [1.54, 1.807) is 0 Å². The number of hydrogen-bond acceptors (Lipinski definition) is 3. The van der Waals surface area contributed by atoms with Crippen LogP contribution in [0.15, 0.2) is 12.1 Å². The average Bonchev–Trinajstić information content (AvgIpc) is 2.29. The monoisotopic (exact) mass is 255 g/mol. The van der Waals surface area contributed by atoms with Crippen LogP contribution in [0.25, 0.3) is 0 Å². The standard InChI is InChI=1S/C13H22ClN3/c1-10(2)7-8-17(4)13-6-5-11(14)12(16-13)9-15-3/h5-6,10,15H,7-9H2,1-4H3. The minimum absolute atomic E-state index is 0.699. The molecule has 0 spiro atoms. The second kappa shape index (κ2) is 6.82. The number of hydrogen-bond donors (Lipinski definition) is 1. The van der Waals surface area contributed by atoms with E-state index in [4.69, 9.17) is 11.6 Å². The lowest BCUT2D eigenvalue weighted by atomic mass is 10.1. The van der Waals surface area contributed by atoms with Gasteiger partial charge in [-0.25, -0.2) is 4.98 Å². The lowest BCUT2D eigenvalue weighted by molar-refractivity contribution is 0.583. The second-order valence-corrected chi connectivity index (χ2v) is 5.14. The lowest BCUT2D eigenvalue weighted by Gasteiger charge is -2.20. The smallest absolute Gasteiger partial charge is 0.128 e. The highest BCUT2D eigenvalue weighted by Crippen LogP contribution is 2.19. The minimum Gasteiger partial charge on any atom is -0.360 e. The van der Waals surface area contributed by atoms with Gasteiger partial charge in [-0.2, -0.15) is 0 Å². The largest absolute Gasteiger partial charge is 0.360 e. The van der Waals surface area contributed by atoms with Gasteiger partial charge in [-0.1, -0.05) is 25.4 Å². The van der Waals surface area contributed by atoms with E-state index in [0.717, 1.165) is 23.1 Å². The van der Waals surface area contributed by atoms with Crippen LogP contribution in [0.4, 0.5) is 5.82 Å². The Hall–Kier alpha value is -0.800. The van der Waals surface area contributed by atoms with Crippen molar-refractivity contribution in [2.45, 2.75) is 26.8 Å². The first-order valence-electron chi connectivity index (χ1n) is 6.05. The summed E-state index contributed by atoms with van der Waals surface area (Å²) in [6, 6.07) is 3.89. The predicted molar refractivity (Wildman–Crippen MR) is 74.7 cm³/mol. The molecule has 0 aromatic carbocycles. The molecule has 1 heterocycles. The number of nitrogens with zero attached hydrogens (tertiary/aromatic N) is 2. The molecule has 4 heteroatoms. The summed E-state index contributed by atoms with van der Waals surface area (Å²) in [5, 5.41) is 3.80. The molecule has 0 saturated carbocycles. The van der Waals surface area contributed by atoms with Gasteiger partial charge in [-0.05, 0) is 31.5 Å². The van der Waals surface area contributed by atoms with Crippen LogP contribution in [0, 0.1) is 5.92 Å². The Balaban J connectivity index is 2.73. The van der Waals surface area contributed by atoms with Gasteiger partial charge in [-0.3, -0.25) is 0 Å². The summed E-state index contributed by atoms with van der Waals surface area (Å²) in [5.41, 5.74) is 0.906. The summed E-state index contributed by atoms with van der Waals surface area (Å²) >= 11 is 6.09. The van der Waals surface area contributed by atoms with E-state index in [2.05, 4.69) is 36.1 Å². The van der Waals surface area contributed by atoms with Crippen molar-refractivity contribution in [2.24, 2.45) is 5.92 Å². The zero-order valence-electron chi connectivity index (χ0n) is 11.1. The first kappa shape index (κ1) is 14.3. The van der Waals surface area contributed by atoms with E-state index in [9.17, 15) is 0 Å². The lowest BCUT2D eigenvalue weighted by Crippen LogP contribution is -2.21. The molecule has 0 aliphatic heterocycles. The molecule has 1 aromatic rings.